The van der Waals surface area contributed by atoms with E-state index in [1.54, 1.807) is 23.7 Å². The van der Waals surface area contributed by atoms with Crippen LogP contribution >= 0.6 is 11.3 Å². The summed E-state index contributed by atoms with van der Waals surface area (Å²) >= 11 is 1.48. The second kappa shape index (κ2) is 7.58. The monoisotopic (exact) mass is 357 g/mol. The van der Waals surface area contributed by atoms with E-state index in [0.717, 1.165) is 28.8 Å². The molecule has 1 aromatic carbocycles. The van der Waals surface area contributed by atoms with E-state index in [2.05, 4.69) is 10.3 Å². The number of hydrogen-bond acceptors (Lipinski definition) is 7. The van der Waals surface area contributed by atoms with Crippen LogP contribution in [0.1, 0.15) is 31.1 Å². The molecule has 7 heteroatoms. The van der Waals surface area contributed by atoms with Gasteiger partial charge in [-0.1, -0.05) is 12.1 Å². The van der Waals surface area contributed by atoms with Crippen molar-refractivity contribution in [1.82, 2.24) is 10.3 Å². The normalized spacial score (nSPS) is 18.5. The number of rotatable bonds is 6. The van der Waals surface area contributed by atoms with Gasteiger partial charge in [0.05, 0.1) is 5.51 Å². The number of ether oxygens (including phenoxy) is 1. The molecule has 2 unspecified atom stereocenters. The number of aromatic hydroxyl groups is 1. The van der Waals surface area contributed by atoms with Crippen LogP contribution in [0.2, 0.25) is 0 Å². The van der Waals surface area contributed by atoms with Crippen molar-refractivity contribution in [3.8, 4) is 5.75 Å². The Hall–Kier alpha value is -2.51. The zero-order valence-corrected chi connectivity index (χ0v) is 14.8. The first-order valence-corrected chi connectivity index (χ1v) is 8.88. The molecule has 0 saturated heterocycles. The van der Waals surface area contributed by atoms with Gasteiger partial charge in [0.15, 0.2) is 12.1 Å². The van der Waals surface area contributed by atoms with Crippen LogP contribution in [0.25, 0.3) is 0 Å². The molecule has 2 atom stereocenters. The summed E-state index contributed by atoms with van der Waals surface area (Å²) in [6.07, 6.45) is 0.0778. The Balaban J connectivity index is 2.09. The van der Waals surface area contributed by atoms with Crippen LogP contribution in [0, 0.1) is 0 Å². The lowest BCUT2D eigenvalue weighted by Crippen LogP contribution is -2.35. The smallest absolute Gasteiger partial charge is 0.153 e. The lowest BCUT2D eigenvalue weighted by molar-refractivity contribution is -0.116. The molecule has 2 heterocycles. The highest BCUT2D eigenvalue weighted by Crippen LogP contribution is 2.35. The number of benzene rings is 1. The molecule has 0 bridgehead atoms. The van der Waals surface area contributed by atoms with Gasteiger partial charge in [-0.05, 0) is 31.5 Å². The maximum Gasteiger partial charge on any atom is 0.153 e. The first-order valence-electron chi connectivity index (χ1n) is 7.94. The predicted molar refractivity (Wildman–Crippen MR) is 96.8 cm³/mol. The number of carbonyl (C=O) groups excluding carboxylic acids is 1. The van der Waals surface area contributed by atoms with Gasteiger partial charge in [0.1, 0.15) is 23.6 Å². The van der Waals surface area contributed by atoms with Crippen LogP contribution in [0.4, 0.5) is 0 Å². The highest BCUT2D eigenvalue weighted by molar-refractivity contribution is 7.07. The van der Waals surface area contributed by atoms with Crippen LogP contribution in [0.15, 0.2) is 51.4 Å². The van der Waals surface area contributed by atoms with Gasteiger partial charge < -0.3 is 20.0 Å². The SMILES string of the molecule is CCOC(C=O)C1=C(C)NC(c2cscn2)=NC1c1cccc(O)c1. The molecule has 130 valence electrons. The molecule has 3 rings (SSSR count). The number of phenolic OH excluding ortho intramolecular Hbond substituents is 1. The van der Waals surface area contributed by atoms with E-state index in [9.17, 15) is 9.90 Å². The molecule has 1 aromatic heterocycles. The fourth-order valence-corrected chi connectivity index (χ4v) is 3.38. The Bertz CT molecular complexity index is 815. The number of allylic oxidation sites excluding steroid dienone is 1. The van der Waals surface area contributed by atoms with Crippen molar-refractivity contribution in [2.24, 2.45) is 4.99 Å². The highest BCUT2D eigenvalue weighted by atomic mass is 32.1. The van der Waals surface area contributed by atoms with E-state index >= 15 is 0 Å². The molecule has 2 N–H and O–H groups in total. The molecule has 2 aromatic rings. The molecule has 0 saturated carbocycles. The van der Waals surface area contributed by atoms with Gasteiger partial charge in [0.2, 0.25) is 0 Å². The predicted octanol–water partition coefficient (Wildman–Crippen LogP) is 2.82. The first kappa shape index (κ1) is 17.3. The van der Waals surface area contributed by atoms with E-state index in [-0.39, 0.29) is 5.75 Å². The van der Waals surface area contributed by atoms with Gasteiger partial charge in [-0.2, -0.15) is 0 Å². The summed E-state index contributed by atoms with van der Waals surface area (Å²) in [6, 6.07) is 6.45. The number of thiazole rings is 1. The van der Waals surface area contributed by atoms with Crippen molar-refractivity contribution < 1.29 is 14.6 Å². The number of amidine groups is 1. The molecule has 1 aliphatic rings. The number of aromatic nitrogens is 1. The molecule has 1 aliphatic heterocycles. The second-order valence-corrected chi connectivity index (χ2v) is 6.28. The van der Waals surface area contributed by atoms with Crippen molar-refractivity contribution in [3.63, 3.8) is 0 Å². The fraction of sp³-hybridized carbons (Fsp3) is 0.278. The van der Waals surface area contributed by atoms with E-state index in [0.29, 0.717) is 12.4 Å². The van der Waals surface area contributed by atoms with Crippen molar-refractivity contribution in [2.75, 3.05) is 6.61 Å². The quantitative estimate of drug-likeness (QED) is 0.777. The number of aliphatic imine (C=N–C) groups is 1. The number of nitrogens with one attached hydrogen (secondary N) is 1. The lowest BCUT2D eigenvalue weighted by Gasteiger charge is -2.29. The minimum absolute atomic E-state index is 0.150. The van der Waals surface area contributed by atoms with Gasteiger partial charge in [-0.3, -0.25) is 4.99 Å². The largest absolute Gasteiger partial charge is 0.508 e. The molecule has 6 nitrogen and oxygen atoms in total. The minimum Gasteiger partial charge on any atom is -0.508 e. The van der Waals surface area contributed by atoms with Crippen LogP contribution in [0.5, 0.6) is 5.75 Å². The van der Waals surface area contributed by atoms with Crippen molar-refractivity contribution in [3.05, 3.63) is 57.7 Å². The Morgan fingerprint density at radius 3 is 2.96 bits per heavy atom. The Kier molecular flexibility index (Phi) is 5.25. The van der Waals surface area contributed by atoms with Crippen molar-refractivity contribution in [1.29, 1.82) is 0 Å². The van der Waals surface area contributed by atoms with Crippen molar-refractivity contribution in [2.45, 2.75) is 26.0 Å². The molecule has 25 heavy (non-hydrogen) atoms. The van der Waals surface area contributed by atoms with Gasteiger partial charge in [0, 0.05) is 23.3 Å². The topological polar surface area (TPSA) is 83.8 Å². The van der Waals surface area contributed by atoms with Gasteiger partial charge in [0.25, 0.3) is 0 Å². The van der Waals surface area contributed by atoms with Crippen LogP contribution in [-0.2, 0) is 9.53 Å². The Morgan fingerprint density at radius 2 is 2.32 bits per heavy atom. The standard InChI is InChI=1S/C18H19N3O3S/c1-3-24-15(8-22)16-11(2)20-18(14-9-25-10-19-14)21-17(16)12-5-4-6-13(23)7-12/h4-10,15,17,23H,3H2,1-2H3,(H,20,21). The van der Waals surface area contributed by atoms with Crippen LogP contribution in [-0.4, -0.2) is 34.9 Å². The Labute approximate surface area is 149 Å². The first-order chi connectivity index (χ1) is 12.1. The molecule has 0 amide bonds. The highest BCUT2D eigenvalue weighted by Gasteiger charge is 2.31. The maximum absolute atomic E-state index is 11.6. The summed E-state index contributed by atoms with van der Waals surface area (Å²) < 4.78 is 5.60. The van der Waals surface area contributed by atoms with Gasteiger partial charge >= 0.3 is 0 Å². The van der Waals surface area contributed by atoms with E-state index in [4.69, 9.17) is 9.73 Å². The number of nitrogens with zero attached hydrogens (tertiary/aromatic N) is 2. The van der Waals surface area contributed by atoms with Gasteiger partial charge in [-0.15, -0.1) is 11.3 Å². The zero-order valence-electron chi connectivity index (χ0n) is 14.0. The second-order valence-electron chi connectivity index (χ2n) is 5.57. The number of carbonyl (C=O) groups is 1. The average molecular weight is 357 g/mol. The van der Waals surface area contributed by atoms with Crippen LogP contribution in [0.3, 0.4) is 0 Å². The summed E-state index contributed by atoms with van der Waals surface area (Å²) in [7, 11) is 0. The summed E-state index contributed by atoms with van der Waals surface area (Å²) in [6.45, 7) is 4.15. The number of hydrogen-bond donors (Lipinski definition) is 2. The third-order valence-corrected chi connectivity index (χ3v) is 4.52. The molecular weight excluding hydrogens is 338 g/mol. The van der Waals surface area contributed by atoms with Crippen molar-refractivity contribution >= 4 is 23.5 Å². The number of phenols is 1. The maximum atomic E-state index is 11.6. The van der Waals surface area contributed by atoms with E-state index in [1.165, 1.54) is 11.3 Å². The fourth-order valence-electron chi connectivity index (χ4n) is 2.85. The van der Waals surface area contributed by atoms with E-state index < -0.39 is 12.1 Å². The Morgan fingerprint density at radius 1 is 1.48 bits per heavy atom. The third-order valence-electron chi connectivity index (χ3n) is 3.93. The summed E-state index contributed by atoms with van der Waals surface area (Å²) in [5.74, 6) is 0.787. The van der Waals surface area contributed by atoms with Gasteiger partial charge in [-0.25, -0.2) is 4.98 Å². The minimum atomic E-state index is -0.703. The molecular formula is C18H19N3O3S. The molecule has 0 spiro atoms. The summed E-state index contributed by atoms with van der Waals surface area (Å²) in [4.78, 5) is 20.7. The van der Waals surface area contributed by atoms with Crippen LogP contribution < -0.4 is 5.32 Å². The molecule has 0 radical (unpaired) electrons. The summed E-state index contributed by atoms with van der Waals surface area (Å²) in [5.41, 5.74) is 4.81. The average Bonchev–Trinajstić information content (AvgIpc) is 3.14. The zero-order chi connectivity index (χ0) is 17.8. The summed E-state index contributed by atoms with van der Waals surface area (Å²) in [5, 5.41) is 15.0. The third kappa shape index (κ3) is 3.62. The van der Waals surface area contributed by atoms with E-state index in [1.807, 2.05) is 25.3 Å². The lowest BCUT2D eigenvalue weighted by atomic mass is 9.92. The molecule has 0 aliphatic carbocycles. The molecule has 0 fully saturated rings. The number of aldehydes is 1.